The summed E-state index contributed by atoms with van der Waals surface area (Å²) in [4.78, 5) is 15.9. The van der Waals surface area contributed by atoms with Crippen molar-refractivity contribution >= 4 is 21.9 Å². The second-order valence-electron chi connectivity index (χ2n) is 4.28. The van der Waals surface area contributed by atoms with Crippen LogP contribution in [-0.4, -0.2) is 16.6 Å². The summed E-state index contributed by atoms with van der Waals surface area (Å²) in [7, 11) is 0. The molecule has 0 atom stereocenters. The van der Waals surface area contributed by atoms with Gasteiger partial charge in [-0.1, -0.05) is 0 Å². The van der Waals surface area contributed by atoms with Crippen LogP contribution in [0.1, 0.15) is 37.0 Å². The number of esters is 1. The summed E-state index contributed by atoms with van der Waals surface area (Å²) >= 11 is 3.28. The Morgan fingerprint density at radius 2 is 2.00 bits per heavy atom. The van der Waals surface area contributed by atoms with Gasteiger partial charge in [-0.15, -0.1) is 0 Å². The lowest BCUT2D eigenvalue weighted by molar-refractivity contribution is 0.00614. The highest BCUT2D eigenvalue weighted by molar-refractivity contribution is 9.10. The van der Waals surface area contributed by atoms with Gasteiger partial charge in [0, 0.05) is 5.69 Å². The zero-order chi connectivity index (χ0) is 11.6. The third-order valence-corrected chi connectivity index (χ3v) is 2.22. The van der Waals surface area contributed by atoms with Crippen molar-refractivity contribution in [3.05, 3.63) is 28.0 Å². The first-order chi connectivity index (χ1) is 6.79. The summed E-state index contributed by atoms with van der Waals surface area (Å²) in [6.07, 6.45) is 0. The molecule has 0 saturated heterocycles. The molecule has 1 rings (SSSR count). The minimum absolute atomic E-state index is 0.324. The zero-order valence-electron chi connectivity index (χ0n) is 9.30. The molecular formula is C11H14BrNO2. The molecule has 15 heavy (non-hydrogen) atoms. The molecule has 4 heteroatoms. The molecule has 3 nitrogen and oxygen atoms in total. The normalized spacial score (nSPS) is 11.3. The van der Waals surface area contributed by atoms with E-state index in [1.807, 2.05) is 33.8 Å². The van der Waals surface area contributed by atoms with Gasteiger partial charge in [-0.05, 0) is 55.8 Å². The molecule has 0 amide bonds. The van der Waals surface area contributed by atoms with Crippen LogP contribution in [0.15, 0.2) is 16.6 Å². The van der Waals surface area contributed by atoms with E-state index in [0.29, 0.717) is 10.2 Å². The fourth-order valence-corrected chi connectivity index (χ4v) is 1.39. The average molecular weight is 272 g/mol. The second-order valence-corrected chi connectivity index (χ2v) is 5.14. The molecular weight excluding hydrogens is 258 g/mol. The summed E-state index contributed by atoms with van der Waals surface area (Å²) in [6.45, 7) is 7.32. The largest absolute Gasteiger partial charge is 0.455 e. The number of rotatable bonds is 1. The Kier molecular flexibility index (Phi) is 3.50. The zero-order valence-corrected chi connectivity index (χ0v) is 10.9. The van der Waals surface area contributed by atoms with Crippen LogP contribution in [0.5, 0.6) is 0 Å². The van der Waals surface area contributed by atoms with E-state index >= 15 is 0 Å². The van der Waals surface area contributed by atoms with E-state index in [1.165, 1.54) is 0 Å². The van der Waals surface area contributed by atoms with Crippen molar-refractivity contribution in [1.82, 2.24) is 4.98 Å². The number of aromatic nitrogens is 1. The topological polar surface area (TPSA) is 39.2 Å². The van der Waals surface area contributed by atoms with E-state index in [1.54, 1.807) is 6.07 Å². The third kappa shape index (κ3) is 3.63. The molecule has 0 aliphatic carbocycles. The molecule has 0 saturated carbocycles. The van der Waals surface area contributed by atoms with Crippen LogP contribution < -0.4 is 0 Å². The number of ether oxygens (including phenoxy) is 1. The molecule has 1 heterocycles. The van der Waals surface area contributed by atoms with E-state index in [4.69, 9.17) is 4.74 Å². The predicted octanol–water partition coefficient (Wildman–Crippen LogP) is 3.11. The Morgan fingerprint density at radius 3 is 2.53 bits per heavy atom. The lowest BCUT2D eigenvalue weighted by Gasteiger charge is -2.19. The Labute approximate surface area is 98.0 Å². The summed E-state index contributed by atoms with van der Waals surface area (Å²) in [5, 5.41) is 0. The van der Waals surface area contributed by atoms with Gasteiger partial charge in [-0.25, -0.2) is 9.78 Å². The van der Waals surface area contributed by atoms with Crippen molar-refractivity contribution in [2.75, 3.05) is 0 Å². The second kappa shape index (κ2) is 4.31. The average Bonchev–Trinajstić information content (AvgIpc) is 2.06. The van der Waals surface area contributed by atoms with Crippen molar-refractivity contribution in [2.24, 2.45) is 0 Å². The van der Waals surface area contributed by atoms with Gasteiger partial charge >= 0.3 is 5.97 Å². The van der Waals surface area contributed by atoms with Crippen LogP contribution in [0.25, 0.3) is 0 Å². The molecule has 0 radical (unpaired) electrons. The quantitative estimate of drug-likeness (QED) is 0.737. The molecule has 1 aromatic rings. The Bertz CT molecular complexity index is 383. The van der Waals surface area contributed by atoms with E-state index in [-0.39, 0.29) is 0 Å². The van der Waals surface area contributed by atoms with E-state index in [0.717, 1.165) is 5.69 Å². The smallest absolute Gasteiger partial charge is 0.358 e. The van der Waals surface area contributed by atoms with Gasteiger partial charge in [0.25, 0.3) is 0 Å². The number of hydrogen-bond acceptors (Lipinski definition) is 3. The SMILES string of the molecule is Cc1ccc(Br)c(C(=O)OC(C)(C)C)n1. The maximum atomic E-state index is 11.7. The first-order valence-electron chi connectivity index (χ1n) is 4.66. The van der Waals surface area contributed by atoms with E-state index in [9.17, 15) is 4.79 Å². The number of carbonyl (C=O) groups excluding carboxylic acids is 1. The number of nitrogens with zero attached hydrogens (tertiary/aromatic N) is 1. The minimum atomic E-state index is -0.498. The van der Waals surface area contributed by atoms with Crippen molar-refractivity contribution in [1.29, 1.82) is 0 Å². The minimum Gasteiger partial charge on any atom is -0.455 e. The molecule has 0 spiro atoms. The molecule has 0 aliphatic heterocycles. The maximum absolute atomic E-state index is 11.7. The lowest BCUT2D eigenvalue weighted by Crippen LogP contribution is -2.24. The summed E-state index contributed by atoms with van der Waals surface area (Å²) in [5.74, 6) is -0.405. The Morgan fingerprint density at radius 1 is 1.40 bits per heavy atom. The Hall–Kier alpha value is -0.900. The predicted molar refractivity (Wildman–Crippen MR) is 61.8 cm³/mol. The fraction of sp³-hybridized carbons (Fsp3) is 0.455. The van der Waals surface area contributed by atoms with Crippen LogP contribution in [-0.2, 0) is 4.74 Å². The van der Waals surface area contributed by atoms with E-state index < -0.39 is 11.6 Å². The van der Waals surface area contributed by atoms with Crippen LogP contribution in [0.4, 0.5) is 0 Å². The lowest BCUT2D eigenvalue weighted by atomic mass is 10.2. The molecule has 0 bridgehead atoms. The number of hydrogen-bond donors (Lipinski definition) is 0. The third-order valence-electron chi connectivity index (χ3n) is 1.58. The van der Waals surface area contributed by atoms with E-state index in [2.05, 4.69) is 20.9 Å². The fourth-order valence-electron chi connectivity index (χ4n) is 1.01. The highest BCUT2D eigenvalue weighted by Gasteiger charge is 2.20. The van der Waals surface area contributed by atoms with Gasteiger partial charge in [-0.3, -0.25) is 0 Å². The van der Waals surface area contributed by atoms with Gasteiger partial charge < -0.3 is 4.74 Å². The molecule has 0 aliphatic rings. The molecule has 0 fully saturated rings. The van der Waals surface area contributed by atoms with Crippen LogP contribution in [0, 0.1) is 6.92 Å². The first-order valence-corrected chi connectivity index (χ1v) is 5.45. The summed E-state index contributed by atoms with van der Waals surface area (Å²) < 4.78 is 5.88. The van der Waals surface area contributed by atoms with Crippen molar-refractivity contribution in [3.8, 4) is 0 Å². The van der Waals surface area contributed by atoms with Crippen LogP contribution >= 0.6 is 15.9 Å². The van der Waals surface area contributed by atoms with Gasteiger partial charge in [0.05, 0.1) is 4.47 Å². The number of pyridine rings is 1. The van der Waals surface area contributed by atoms with Gasteiger partial charge in [0.2, 0.25) is 0 Å². The van der Waals surface area contributed by atoms with Crippen molar-refractivity contribution < 1.29 is 9.53 Å². The van der Waals surface area contributed by atoms with Crippen LogP contribution in [0.3, 0.4) is 0 Å². The summed E-state index contributed by atoms with van der Waals surface area (Å²) in [6, 6.07) is 3.62. The highest BCUT2D eigenvalue weighted by atomic mass is 79.9. The standard InChI is InChI=1S/C11H14BrNO2/c1-7-5-6-8(12)9(13-7)10(14)15-11(2,3)4/h5-6H,1-4H3. The van der Waals surface area contributed by atoms with Crippen LogP contribution in [0.2, 0.25) is 0 Å². The summed E-state index contributed by atoms with van der Waals surface area (Å²) in [5.41, 5.74) is 0.617. The molecule has 82 valence electrons. The number of carbonyl (C=O) groups is 1. The van der Waals surface area contributed by atoms with Gasteiger partial charge in [-0.2, -0.15) is 0 Å². The number of halogens is 1. The maximum Gasteiger partial charge on any atom is 0.358 e. The monoisotopic (exact) mass is 271 g/mol. The molecule has 0 N–H and O–H groups in total. The Balaban J connectivity index is 2.96. The number of aryl methyl sites for hydroxylation is 1. The highest BCUT2D eigenvalue weighted by Crippen LogP contribution is 2.18. The van der Waals surface area contributed by atoms with Gasteiger partial charge in [0.15, 0.2) is 5.69 Å². The van der Waals surface area contributed by atoms with Crippen molar-refractivity contribution in [2.45, 2.75) is 33.3 Å². The van der Waals surface area contributed by atoms with Gasteiger partial charge in [0.1, 0.15) is 5.60 Å². The molecule has 0 aromatic carbocycles. The molecule has 0 unspecified atom stereocenters. The van der Waals surface area contributed by atoms with Crippen molar-refractivity contribution in [3.63, 3.8) is 0 Å². The first kappa shape index (κ1) is 12.2. The molecule has 1 aromatic heterocycles.